The van der Waals surface area contributed by atoms with Crippen molar-refractivity contribution >= 4 is 16.5 Å². The normalized spacial score (nSPS) is 10.4. The van der Waals surface area contributed by atoms with E-state index in [1.54, 1.807) is 0 Å². The van der Waals surface area contributed by atoms with Crippen LogP contribution < -0.4 is 0 Å². The summed E-state index contributed by atoms with van der Waals surface area (Å²) >= 11 is 1.16. The summed E-state index contributed by atoms with van der Waals surface area (Å²) in [6.07, 6.45) is 1.18. The predicted octanol–water partition coefficient (Wildman–Crippen LogP) is 0.709. The number of benzene rings is 1. The molecule has 0 radical (unpaired) electrons. The maximum atomic E-state index is 2.34. The molecule has 0 saturated heterocycles. The molecule has 0 saturated carbocycles. The van der Waals surface area contributed by atoms with Crippen molar-refractivity contribution in [2.45, 2.75) is 6.42 Å². The van der Waals surface area contributed by atoms with E-state index in [1.807, 2.05) is 0 Å². The summed E-state index contributed by atoms with van der Waals surface area (Å²) in [5.74, 6) is 0. The molecule has 0 spiro atoms. The zero-order valence-corrected chi connectivity index (χ0v) is 9.25. The molecule has 11 heavy (non-hydrogen) atoms. The van der Waals surface area contributed by atoms with Gasteiger partial charge in [-0.15, -0.1) is 0 Å². The smallest absolute Gasteiger partial charge is 0.321 e. The van der Waals surface area contributed by atoms with E-state index in [9.17, 15) is 0 Å². The van der Waals surface area contributed by atoms with Gasteiger partial charge >= 0.3 is 16.5 Å². The maximum absolute atomic E-state index is 2.34. The SMILES string of the molecule is C[N]([AlH2])CCc1ccccc1. The number of nitrogens with zero attached hydrogens (tertiary/aromatic N) is 1. The van der Waals surface area contributed by atoms with E-state index in [4.69, 9.17) is 0 Å². The van der Waals surface area contributed by atoms with Crippen molar-refractivity contribution in [2.24, 2.45) is 0 Å². The molecule has 0 aliphatic carbocycles. The van der Waals surface area contributed by atoms with E-state index in [0.29, 0.717) is 0 Å². The minimum absolute atomic E-state index is 1.16. The Bertz CT molecular complexity index is 196. The first kappa shape index (κ1) is 8.81. The van der Waals surface area contributed by atoms with Gasteiger partial charge < -0.3 is 3.88 Å². The molecular formula is C9H14AlN. The lowest BCUT2D eigenvalue weighted by Gasteiger charge is -2.09. The fourth-order valence-corrected chi connectivity index (χ4v) is 1.22. The Morgan fingerprint density at radius 1 is 1.27 bits per heavy atom. The van der Waals surface area contributed by atoms with Crippen molar-refractivity contribution in [3.8, 4) is 0 Å². The van der Waals surface area contributed by atoms with Gasteiger partial charge in [-0.2, -0.15) is 0 Å². The summed E-state index contributed by atoms with van der Waals surface area (Å²) < 4.78 is 2.34. The van der Waals surface area contributed by atoms with Crippen LogP contribution in [-0.2, 0) is 6.42 Å². The van der Waals surface area contributed by atoms with Crippen molar-refractivity contribution in [1.82, 2.24) is 3.88 Å². The van der Waals surface area contributed by atoms with E-state index in [1.165, 1.54) is 18.5 Å². The van der Waals surface area contributed by atoms with Crippen LogP contribution in [0.25, 0.3) is 0 Å². The Hall–Kier alpha value is -0.288. The van der Waals surface area contributed by atoms with Gasteiger partial charge in [-0.1, -0.05) is 30.3 Å². The molecule has 1 rings (SSSR count). The van der Waals surface area contributed by atoms with E-state index in [-0.39, 0.29) is 0 Å². The summed E-state index contributed by atoms with van der Waals surface area (Å²) in [7, 11) is 2.16. The van der Waals surface area contributed by atoms with Crippen LogP contribution >= 0.6 is 0 Å². The molecule has 58 valence electrons. The van der Waals surface area contributed by atoms with Crippen molar-refractivity contribution in [2.75, 3.05) is 13.6 Å². The molecule has 1 aromatic rings. The lowest BCUT2D eigenvalue weighted by molar-refractivity contribution is 0.549. The molecule has 0 aliphatic heterocycles. The molecule has 1 aromatic carbocycles. The quantitative estimate of drug-likeness (QED) is 0.593. The van der Waals surface area contributed by atoms with Gasteiger partial charge in [0.15, 0.2) is 0 Å². The van der Waals surface area contributed by atoms with Gasteiger partial charge in [0.1, 0.15) is 0 Å². The van der Waals surface area contributed by atoms with Gasteiger partial charge in [0.25, 0.3) is 0 Å². The Balaban J connectivity index is 2.39. The second kappa shape index (κ2) is 4.56. The highest BCUT2D eigenvalue weighted by atomic mass is 27.1. The first-order chi connectivity index (χ1) is 5.29. The average molecular weight is 163 g/mol. The van der Waals surface area contributed by atoms with Crippen LogP contribution in [0.5, 0.6) is 0 Å². The van der Waals surface area contributed by atoms with Gasteiger partial charge in [-0.3, -0.25) is 0 Å². The molecule has 0 bridgehead atoms. The molecule has 0 aliphatic rings. The van der Waals surface area contributed by atoms with E-state index >= 15 is 0 Å². The van der Waals surface area contributed by atoms with Crippen LogP contribution in [0.15, 0.2) is 30.3 Å². The second-order valence-corrected chi connectivity index (χ2v) is 4.57. The highest BCUT2D eigenvalue weighted by Gasteiger charge is 1.91. The number of hydrogen-bond acceptors (Lipinski definition) is 1. The highest BCUT2D eigenvalue weighted by Crippen LogP contribution is 1.98. The largest absolute Gasteiger partial charge is 0.393 e. The van der Waals surface area contributed by atoms with Gasteiger partial charge in [-0.05, 0) is 25.6 Å². The van der Waals surface area contributed by atoms with Gasteiger partial charge in [0.05, 0.1) is 0 Å². The van der Waals surface area contributed by atoms with Crippen LogP contribution in [0.2, 0.25) is 0 Å². The van der Waals surface area contributed by atoms with Crippen molar-refractivity contribution in [3.05, 3.63) is 35.9 Å². The van der Waals surface area contributed by atoms with Crippen molar-refractivity contribution in [3.63, 3.8) is 0 Å². The third kappa shape index (κ3) is 3.57. The van der Waals surface area contributed by atoms with Crippen LogP contribution in [0, 0.1) is 0 Å². The first-order valence-corrected chi connectivity index (χ1v) is 4.87. The molecule has 2 heteroatoms. The zero-order valence-electron chi connectivity index (χ0n) is 7.25. The monoisotopic (exact) mass is 163 g/mol. The minimum Gasteiger partial charge on any atom is -0.393 e. The summed E-state index contributed by atoms with van der Waals surface area (Å²) in [5.41, 5.74) is 1.44. The van der Waals surface area contributed by atoms with Gasteiger partial charge in [0.2, 0.25) is 0 Å². The van der Waals surface area contributed by atoms with Crippen molar-refractivity contribution < 1.29 is 0 Å². The van der Waals surface area contributed by atoms with Crippen LogP contribution in [0.4, 0.5) is 0 Å². The Labute approximate surface area is 76.7 Å². The topological polar surface area (TPSA) is 3.24 Å². The lowest BCUT2D eigenvalue weighted by Crippen LogP contribution is -2.16. The van der Waals surface area contributed by atoms with E-state index in [0.717, 1.165) is 16.5 Å². The Morgan fingerprint density at radius 2 is 1.91 bits per heavy atom. The number of hydrogen-bond donors (Lipinski definition) is 0. The molecule has 0 heterocycles. The lowest BCUT2D eigenvalue weighted by atomic mass is 10.2. The summed E-state index contributed by atoms with van der Waals surface area (Å²) in [6.45, 7) is 1.19. The summed E-state index contributed by atoms with van der Waals surface area (Å²) in [5, 5.41) is 0. The standard InChI is InChI=1S/C9H12N.Al.2H/c1-10-8-7-9-5-3-2-4-6-9;;;/h2-6H,7-8H2,1H3;;;/q-1;+1;;. The summed E-state index contributed by atoms with van der Waals surface area (Å²) in [4.78, 5) is 0. The molecule has 1 nitrogen and oxygen atoms in total. The van der Waals surface area contributed by atoms with Crippen LogP contribution in [0.1, 0.15) is 5.56 Å². The number of likely N-dealkylation sites (N-methyl/N-ethyl adjacent to an activating group) is 1. The molecule has 0 unspecified atom stereocenters. The van der Waals surface area contributed by atoms with Gasteiger partial charge in [0, 0.05) is 0 Å². The fourth-order valence-electron chi connectivity index (χ4n) is 0.997. The maximum Gasteiger partial charge on any atom is 0.321 e. The molecular weight excluding hydrogens is 149 g/mol. The third-order valence-electron chi connectivity index (χ3n) is 1.69. The molecule has 0 fully saturated rings. The highest BCUT2D eigenvalue weighted by molar-refractivity contribution is 6.04. The third-order valence-corrected chi connectivity index (χ3v) is 2.14. The number of rotatable bonds is 3. The van der Waals surface area contributed by atoms with Gasteiger partial charge in [-0.25, -0.2) is 0 Å². The fraction of sp³-hybridized carbons (Fsp3) is 0.333. The Morgan fingerprint density at radius 3 is 2.45 bits per heavy atom. The Kier molecular flexibility index (Phi) is 3.65. The second-order valence-electron chi connectivity index (χ2n) is 3.04. The molecule has 0 amide bonds. The first-order valence-electron chi connectivity index (χ1n) is 3.97. The van der Waals surface area contributed by atoms with E-state index < -0.39 is 0 Å². The molecule has 0 atom stereocenters. The molecule has 0 N–H and O–H groups in total. The van der Waals surface area contributed by atoms with Crippen LogP contribution in [-0.4, -0.2) is 34.0 Å². The summed E-state index contributed by atoms with van der Waals surface area (Å²) in [6, 6.07) is 10.6. The predicted molar refractivity (Wildman–Crippen MR) is 51.3 cm³/mol. The van der Waals surface area contributed by atoms with E-state index in [2.05, 4.69) is 41.3 Å². The van der Waals surface area contributed by atoms with Crippen LogP contribution in [0.3, 0.4) is 0 Å². The van der Waals surface area contributed by atoms with Crippen molar-refractivity contribution in [1.29, 1.82) is 0 Å². The average Bonchev–Trinajstić information content (AvgIpc) is 2.03. The zero-order chi connectivity index (χ0) is 8.10. The molecule has 0 aromatic heterocycles. The minimum atomic E-state index is 1.16.